The lowest BCUT2D eigenvalue weighted by Gasteiger charge is -2.31. The number of pyridine rings is 1. The van der Waals surface area contributed by atoms with Crippen LogP contribution >= 0.6 is 0 Å². The van der Waals surface area contributed by atoms with Gasteiger partial charge in [-0.05, 0) is 12.1 Å². The molecule has 1 aliphatic heterocycles. The van der Waals surface area contributed by atoms with Gasteiger partial charge >= 0.3 is 0 Å². The summed E-state index contributed by atoms with van der Waals surface area (Å²) in [5.74, 6) is 0. The molecular weight excluding hydrogens is 142 g/mol. The van der Waals surface area contributed by atoms with E-state index in [4.69, 9.17) is 4.74 Å². The van der Waals surface area contributed by atoms with Crippen LogP contribution in [0.5, 0.6) is 0 Å². The van der Waals surface area contributed by atoms with Gasteiger partial charge in [0, 0.05) is 6.20 Å². The fraction of sp³-hybridized carbons (Fsp3) is 0.375. The largest absolute Gasteiger partial charge is 0.388 e. The summed E-state index contributed by atoms with van der Waals surface area (Å²) in [4.78, 5) is 4.07. The van der Waals surface area contributed by atoms with E-state index in [-0.39, 0.29) is 12.2 Å². The maximum atomic E-state index is 9.20. The summed E-state index contributed by atoms with van der Waals surface area (Å²) in [5.41, 5.74) is 0.811. The first-order valence-corrected chi connectivity index (χ1v) is 3.58. The minimum atomic E-state index is -0.370. The van der Waals surface area contributed by atoms with Crippen LogP contribution in [-0.4, -0.2) is 22.8 Å². The van der Waals surface area contributed by atoms with Crippen molar-refractivity contribution in [1.29, 1.82) is 0 Å². The third-order valence-electron chi connectivity index (χ3n) is 1.78. The van der Waals surface area contributed by atoms with Crippen molar-refractivity contribution >= 4 is 0 Å². The van der Waals surface area contributed by atoms with Crippen molar-refractivity contribution in [3.8, 4) is 0 Å². The summed E-state index contributed by atoms with van der Waals surface area (Å²) < 4.78 is 5.12. The normalized spacial score (nSPS) is 29.5. The zero-order chi connectivity index (χ0) is 7.68. The predicted octanol–water partition coefficient (Wildman–Crippen LogP) is 0.514. The Labute approximate surface area is 64.6 Å². The summed E-state index contributed by atoms with van der Waals surface area (Å²) in [6.07, 6.45) is 1.13. The van der Waals surface area contributed by atoms with Gasteiger partial charge in [0.15, 0.2) is 0 Å². The second-order valence-electron chi connectivity index (χ2n) is 2.58. The van der Waals surface area contributed by atoms with E-state index < -0.39 is 0 Å². The Balaban J connectivity index is 2.17. The third-order valence-corrected chi connectivity index (χ3v) is 1.78. The molecule has 0 saturated carbocycles. The van der Waals surface area contributed by atoms with Crippen molar-refractivity contribution in [2.45, 2.75) is 12.2 Å². The molecule has 0 amide bonds. The van der Waals surface area contributed by atoms with Crippen LogP contribution in [0.25, 0.3) is 0 Å². The van der Waals surface area contributed by atoms with E-state index in [9.17, 15) is 5.11 Å². The molecule has 0 spiro atoms. The van der Waals surface area contributed by atoms with E-state index >= 15 is 0 Å². The Morgan fingerprint density at radius 3 is 2.91 bits per heavy atom. The molecule has 2 heterocycles. The minimum absolute atomic E-state index is 0.198. The van der Waals surface area contributed by atoms with Gasteiger partial charge in [0.05, 0.1) is 12.3 Å². The van der Waals surface area contributed by atoms with Crippen LogP contribution in [-0.2, 0) is 4.74 Å². The molecule has 2 atom stereocenters. The first kappa shape index (κ1) is 6.76. The summed E-state index contributed by atoms with van der Waals surface area (Å²) in [6.45, 7) is 0.432. The lowest BCUT2D eigenvalue weighted by molar-refractivity contribution is -0.167. The molecule has 1 aromatic heterocycles. The highest BCUT2D eigenvalue weighted by Crippen LogP contribution is 2.27. The first-order chi connectivity index (χ1) is 5.38. The number of aliphatic hydroxyl groups excluding tert-OH is 1. The monoisotopic (exact) mass is 151 g/mol. The Hall–Kier alpha value is -0.930. The lowest BCUT2D eigenvalue weighted by atomic mass is 10.1. The molecule has 0 aliphatic carbocycles. The molecule has 58 valence electrons. The summed E-state index contributed by atoms with van der Waals surface area (Å²) >= 11 is 0. The van der Waals surface area contributed by atoms with E-state index in [2.05, 4.69) is 4.98 Å². The molecule has 1 aromatic rings. The molecule has 0 bridgehead atoms. The van der Waals surface area contributed by atoms with Gasteiger partial charge in [-0.1, -0.05) is 6.07 Å². The molecule has 2 unspecified atom stereocenters. The van der Waals surface area contributed by atoms with Gasteiger partial charge in [-0.2, -0.15) is 0 Å². The van der Waals surface area contributed by atoms with E-state index in [1.165, 1.54) is 0 Å². The van der Waals surface area contributed by atoms with Crippen molar-refractivity contribution < 1.29 is 9.84 Å². The highest BCUT2D eigenvalue weighted by atomic mass is 16.5. The maximum Gasteiger partial charge on any atom is 0.128 e. The van der Waals surface area contributed by atoms with E-state index in [0.29, 0.717) is 6.61 Å². The Bertz CT molecular complexity index is 237. The highest BCUT2D eigenvalue weighted by Gasteiger charge is 2.32. The van der Waals surface area contributed by atoms with Crippen LogP contribution in [0.1, 0.15) is 11.8 Å². The van der Waals surface area contributed by atoms with Crippen LogP contribution in [0.3, 0.4) is 0 Å². The predicted molar refractivity (Wildman–Crippen MR) is 38.9 cm³/mol. The molecule has 1 saturated heterocycles. The van der Waals surface area contributed by atoms with Crippen molar-refractivity contribution in [2.24, 2.45) is 0 Å². The summed E-state index contributed by atoms with van der Waals surface area (Å²) in [6, 6.07) is 5.58. The number of nitrogens with zero attached hydrogens (tertiary/aromatic N) is 1. The summed E-state index contributed by atoms with van der Waals surface area (Å²) in [5, 5.41) is 9.20. The van der Waals surface area contributed by atoms with Gasteiger partial charge in [-0.3, -0.25) is 4.98 Å². The second-order valence-corrected chi connectivity index (χ2v) is 2.58. The van der Waals surface area contributed by atoms with Crippen LogP contribution in [0.2, 0.25) is 0 Å². The topological polar surface area (TPSA) is 42.4 Å². The Kier molecular flexibility index (Phi) is 1.60. The molecule has 1 fully saturated rings. The van der Waals surface area contributed by atoms with Crippen molar-refractivity contribution in [3.05, 3.63) is 30.1 Å². The number of aromatic nitrogens is 1. The first-order valence-electron chi connectivity index (χ1n) is 3.58. The molecule has 0 radical (unpaired) electrons. The van der Waals surface area contributed by atoms with E-state index in [1.807, 2.05) is 18.2 Å². The zero-order valence-corrected chi connectivity index (χ0v) is 5.97. The summed E-state index contributed by atoms with van der Waals surface area (Å²) in [7, 11) is 0. The highest BCUT2D eigenvalue weighted by molar-refractivity contribution is 5.10. The Morgan fingerprint density at radius 1 is 1.55 bits per heavy atom. The van der Waals surface area contributed by atoms with Crippen LogP contribution in [0, 0.1) is 0 Å². The molecule has 11 heavy (non-hydrogen) atoms. The average Bonchev–Trinajstić information content (AvgIpc) is 2.04. The van der Waals surface area contributed by atoms with Gasteiger partial charge in [-0.25, -0.2) is 0 Å². The average molecular weight is 151 g/mol. The van der Waals surface area contributed by atoms with Gasteiger partial charge in [0.2, 0.25) is 0 Å². The number of ether oxygens (including phenoxy) is 1. The SMILES string of the molecule is OC1COC1c1ccccn1. The third kappa shape index (κ3) is 1.13. The fourth-order valence-electron chi connectivity index (χ4n) is 1.11. The van der Waals surface area contributed by atoms with E-state index in [1.54, 1.807) is 6.20 Å². The molecule has 0 aromatic carbocycles. The van der Waals surface area contributed by atoms with Crippen LogP contribution in [0.4, 0.5) is 0 Å². The van der Waals surface area contributed by atoms with Gasteiger partial charge in [0.25, 0.3) is 0 Å². The molecule has 2 rings (SSSR count). The van der Waals surface area contributed by atoms with Crippen LogP contribution < -0.4 is 0 Å². The van der Waals surface area contributed by atoms with Gasteiger partial charge in [0.1, 0.15) is 12.2 Å². The number of rotatable bonds is 1. The quantitative estimate of drug-likeness (QED) is 0.636. The molecule has 3 heteroatoms. The minimum Gasteiger partial charge on any atom is -0.388 e. The number of hydrogen-bond acceptors (Lipinski definition) is 3. The fourth-order valence-corrected chi connectivity index (χ4v) is 1.11. The lowest BCUT2D eigenvalue weighted by Crippen LogP contribution is -2.37. The molecular formula is C8H9NO2. The molecule has 1 aliphatic rings. The maximum absolute atomic E-state index is 9.20. The molecule has 3 nitrogen and oxygen atoms in total. The second kappa shape index (κ2) is 2.60. The van der Waals surface area contributed by atoms with Crippen molar-refractivity contribution in [2.75, 3.05) is 6.61 Å². The van der Waals surface area contributed by atoms with E-state index in [0.717, 1.165) is 5.69 Å². The zero-order valence-electron chi connectivity index (χ0n) is 5.97. The van der Waals surface area contributed by atoms with Gasteiger partial charge in [-0.15, -0.1) is 0 Å². The molecule has 1 N–H and O–H groups in total. The smallest absolute Gasteiger partial charge is 0.128 e. The van der Waals surface area contributed by atoms with Gasteiger partial charge < -0.3 is 9.84 Å². The van der Waals surface area contributed by atoms with Crippen molar-refractivity contribution in [3.63, 3.8) is 0 Å². The van der Waals surface area contributed by atoms with Crippen molar-refractivity contribution in [1.82, 2.24) is 4.98 Å². The standard InChI is InChI=1S/C8H9NO2/c10-7-5-11-8(7)6-3-1-2-4-9-6/h1-4,7-8,10H,5H2. The number of aliphatic hydroxyl groups is 1. The number of hydrogen-bond donors (Lipinski definition) is 1. The van der Waals surface area contributed by atoms with Crippen LogP contribution in [0.15, 0.2) is 24.4 Å². The Morgan fingerprint density at radius 2 is 2.45 bits per heavy atom.